The molecule has 23 heavy (non-hydrogen) atoms. The molecule has 0 aliphatic carbocycles. The van der Waals surface area contributed by atoms with E-state index in [4.69, 9.17) is 5.73 Å². The van der Waals surface area contributed by atoms with Crippen LogP contribution >= 0.6 is 0 Å². The van der Waals surface area contributed by atoms with E-state index in [-0.39, 0.29) is 13.0 Å². The predicted octanol–water partition coefficient (Wildman–Crippen LogP) is -0.144. The van der Waals surface area contributed by atoms with Gasteiger partial charge in [0.25, 0.3) is 0 Å². The SMILES string of the molecule is NC(=O)Cc1nc(CN2CCc3ccccc3C2)n(CCO)n1. The van der Waals surface area contributed by atoms with Gasteiger partial charge in [-0.15, -0.1) is 0 Å². The maximum absolute atomic E-state index is 11.0. The maximum atomic E-state index is 11.0. The van der Waals surface area contributed by atoms with Crippen molar-refractivity contribution in [1.82, 2.24) is 19.7 Å². The van der Waals surface area contributed by atoms with Crippen molar-refractivity contribution in [3.8, 4) is 0 Å². The lowest BCUT2D eigenvalue weighted by Crippen LogP contribution is -2.31. The highest BCUT2D eigenvalue weighted by Crippen LogP contribution is 2.19. The van der Waals surface area contributed by atoms with Gasteiger partial charge in [-0.2, -0.15) is 5.10 Å². The molecule has 1 aromatic carbocycles. The van der Waals surface area contributed by atoms with Crippen LogP contribution < -0.4 is 5.73 Å². The van der Waals surface area contributed by atoms with E-state index in [0.717, 1.165) is 25.3 Å². The van der Waals surface area contributed by atoms with E-state index >= 15 is 0 Å². The number of carbonyl (C=O) groups is 1. The molecule has 0 radical (unpaired) electrons. The number of aliphatic hydroxyl groups excluding tert-OH is 1. The Kier molecular flexibility index (Phi) is 4.68. The highest BCUT2D eigenvalue weighted by Gasteiger charge is 2.19. The average molecular weight is 315 g/mol. The van der Waals surface area contributed by atoms with E-state index in [0.29, 0.717) is 18.9 Å². The Bertz CT molecular complexity index is 698. The Morgan fingerprint density at radius 2 is 2.09 bits per heavy atom. The monoisotopic (exact) mass is 315 g/mol. The number of aromatic nitrogens is 3. The third-order valence-electron chi connectivity index (χ3n) is 4.01. The molecular formula is C16H21N5O2. The lowest BCUT2D eigenvalue weighted by Gasteiger charge is -2.28. The second-order valence-electron chi connectivity index (χ2n) is 5.76. The van der Waals surface area contributed by atoms with Crippen LogP contribution in [0.15, 0.2) is 24.3 Å². The van der Waals surface area contributed by atoms with E-state index in [9.17, 15) is 9.90 Å². The molecule has 2 heterocycles. The molecule has 0 unspecified atom stereocenters. The first-order chi connectivity index (χ1) is 11.2. The number of aliphatic hydroxyl groups is 1. The minimum atomic E-state index is -0.454. The van der Waals surface area contributed by atoms with Crippen molar-refractivity contribution >= 4 is 5.91 Å². The standard InChI is InChI=1S/C16H21N5O2/c17-14(23)9-15-18-16(21(19-15)7-8-22)11-20-6-5-12-3-1-2-4-13(12)10-20/h1-4,22H,5-11H2,(H2,17,23). The summed E-state index contributed by atoms with van der Waals surface area (Å²) in [5.41, 5.74) is 7.94. The van der Waals surface area contributed by atoms with Gasteiger partial charge in [0.1, 0.15) is 5.82 Å². The van der Waals surface area contributed by atoms with Crippen molar-refractivity contribution < 1.29 is 9.90 Å². The molecule has 1 aliphatic heterocycles. The van der Waals surface area contributed by atoms with E-state index in [1.54, 1.807) is 4.68 Å². The molecular weight excluding hydrogens is 294 g/mol. The van der Waals surface area contributed by atoms with Crippen LogP contribution in [0.4, 0.5) is 0 Å². The third-order valence-corrected chi connectivity index (χ3v) is 4.01. The lowest BCUT2D eigenvalue weighted by molar-refractivity contribution is -0.117. The van der Waals surface area contributed by atoms with Gasteiger partial charge < -0.3 is 10.8 Å². The zero-order chi connectivity index (χ0) is 16.2. The van der Waals surface area contributed by atoms with Crippen LogP contribution in [-0.2, 0) is 37.3 Å². The predicted molar refractivity (Wildman–Crippen MR) is 84.3 cm³/mol. The van der Waals surface area contributed by atoms with Crippen molar-refractivity contribution in [3.63, 3.8) is 0 Å². The van der Waals surface area contributed by atoms with Crippen molar-refractivity contribution in [2.75, 3.05) is 13.2 Å². The lowest BCUT2D eigenvalue weighted by atomic mass is 10.00. The second kappa shape index (κ2) is 6.89. The molecule has 0 bridgehead atoms. The van der Waals surface area contributed by atoms with Crippen molar-refractivity contribution in [3.05, 3.63) is 47.0 Å². The summed E-state index contributed by atoms with van der Waals surface area (Å²) in [6.45, 7) is 2.81. The van der Waals surface area contributed by atoms with Gasteiger partial charge in [0, 0.05) is 13.1 Å². The van der Waals surface area contributed by atoms with Crippen molar-refractivity contribution in [1.29, 1.82) is 0 Å². The van der Waals surface area contributed by atoms with Crippen LogP contribution in [0.1, 0.15) is 22.8 Å². The van der Waals surface area contributed by atoms with Crippen LogP contribution in [0.25, 0.3) is 0 Å². The maximum Gasteiger partial charge on any atom is 0.225 e. The van der Waals surface area contributed by atoms with Gasteiger partial charge >= 0.3 is 0 Å². The first kappa shape index (κ1) is 15.6. The molecule has 2 aromatic rings. The van der Waals surface area contributed by atoms with Gasteiger partial charge in [0.15, 0.2) is 5.82 Å². The Labute approximate surface area is 134 Å². The van der Waals surface area contributed by atoms with Crippen LogP contribution in [0.2, 0.25) is 0 Å². The molecule has 1 aliphatic rings. The first-order valence-corrected chi connectivity index (χ1v) is 7.76. The Hall–Kier alpha value is -2.25. The largest absolute Gasteiger partial charge is 0.394 e. The number of carbonyl (C=O) groups excluding carboxylic acids is 1. The van der Waals surface area contributed by atoms with Crippen LogP contribution in [0, 0.1) is 0 Å². The van der Waals surface area contributed by atoms with Crippen molar-refractivity contribution in [2.45, 2.75) is 32.5 Å². The zero-order valence-electron chi connectivity index (χ0n) is 13.0. The molecule has 3 N–H and O–H groups in total. The molecule has 0 saturated carbocycles. The number of benzene rings is 1. The Morgan fingerprint density at radius 1 is 1.30 bits per heavy atom. The Balaban J connectivity index is 1.74. The molecule has 7 heteroatoms. The van der Waals surface area contributed by atoms with Gasteiger partial charge in [-0.05, 0) is 17.5 Å². The third kappa shape index (κ3) is 3.75. The normalized spacial score (nSPS) is 14.7. The molecule has 0 spiro atoms. The summed E-state index contributed by atoms with van der Waals surface area (Å²) in [7, 11) is 0. The Morgan fingerprint density at radius 3 is 2.83 bits per heavy atom. The van der Waals surface area contributed by atoms with Crippen LogP contribution in [0.5, 0.6) is 0 Å². The zero-order valence-corrected chi connectivity index (χ0v) is 13.0. The smallest absolute Gasteiger partial charge is 0.225 e. The number of rotatable bonds is 6. The number of nitrogens with zero attached hydrogens (tertiary/aromatic N) is 4. The van der Waals surface area contributed by atoms with Crippen LogP contribution in [0.3, 0.4) is 0 Å². The topological polar surface area (TPSA) is 97.3 Å². The molecule has 122 valence electrons. The second-order valence-corrected chi connectivity index (χ2v) is 5.76. The summed E-state index contributed by atoms with van der Waals surface area (Å²) in [6, 6.07) is 8.45. The number of nitrogens with two attached hydrogens (primary N) is 1. The van der Waals surface area contributed by atoms with E-state index in [1.165, 1.54) is 11.1 Å². The molecule has 3 rings (SSSR count). The minimum Gasteiger partial charge on any atom is -0.394 e. The summed E-state index contributed by atoms with van der Waals surface area (Å²) in [6.07, 6.45) is 1.03. The van der Waals surface area contributed by atoms with Gasteiger partial charge in [-0.1, -0.05) is 24.3 Å². The number of hydrogen-bond donors (Lipinski definition) is 2. The van der Waals surface area contributed by atoms with Gasteiger partial charge in [0.05, 0.1) is 26.1 Å². The molecule has 0 atom stereocenters. The number of amides is 1. The molecule has 7 nitrogen and oxygen atoms in total. The van der Waals surface area contributed by atoms with Gasteiger partial charge in [-0.3, -0.25) is 9.69 Å². The molecule has 1 amide bonds. The van der Waals surface area contributed by atoms with Gasteiger partial charge in [0.2, 0.25) is 5.91 Å². The number of hydrogen-bond acceptors (Lipinski definition) is 5. The van der Waals surface area contributed by atoms with Crippen molar-refractivity contribution in [2.24, 2.45) is 5.73 Å². The molecule has 0 fully saturated rings. The van der Waals surface area contributed by atoms with Crippen LogP contribution in [-0.4, -0.2) is 43.8 Å². The average Bonchev–Trinajstić information content (AvgIpc) is 2.88. The summed E-state index contributed by atoms with van der Waals surface area (Å²) in [5, 5.41) is 13.4. The van der Waals surface area contributed by atoms with E-state index < -0.39 is 5.91 Å². The summed E-state index contributed by atoms with van der Waals surface area (Å²) in [4.78, 5) is 17.8. The summed E-state index contributed by atoms with van der Waals surface area (Å²) in [5.74, 6) is 0.720. The molecule has 0 saturated heterocycles. The van der Waals surface area contributed by atoms with E-state index in [2.05, 4.69) is 39.2 Å². The molecule has 1 aromatic heterocycles. The summed E-state index contributed by atoms with van der Waals surface area (Å²) < 4.78 is 1.67. The fourth-order valence-electron chi connectivity index (χ4n) is 2.94. The first-order valence-electron chi connectivity index (χ1n) is 7.76. The minimum absolute atomic E-state index is 0.0186. The highest BCUT2D eigenvalue weighted by molar-refractivity contribution is 5.75. The van der Waals surface area contributed by atoms with Gasteiger partial charge in [-0.25, -0.2) is 9.67 Å². The fourth-order valence-corrected chi connectivity index (χ4v) is 2.94. The fraction of sp³-hybridized carbons (Fsp3) is 0.438. The highest BCUT2D eigenvalue weighted by atomic mass is 16.3. The quantitative estimate of drug-likeness (QED) is 0.773. The number of primary amides is 1. The summed E-state index contributed by atoms with van der Waals surface area (Å²) >= 11 is 0. The van der Waals surface area contributed by atoms with E-state index in [1.807, 2.05) is 0 Å². The number of fused-ring (bicyclic) bond motifs is 1.